The molecule has 1 fully saturated rings. The molecule has 0 aliphatic carbocycles. The van der Waals surface area contributed by atoms with Crippen LogP contribution in [-0.2, 0) is 0 Å². The van der Waals surface area contributed by atoms with Crippen molar-refractivity contribution in [1.82, 2.24) is 5.32 Å². The van der Waals surface area contributed by atoms with Gasteiger partial charge < -0.3 is 15.0 Å². The molecule has 1 aromatic carbocycles. The summed E-state index contributed by atoms with van der Waals surface area (Å²) < 4.78 is 5.72. The highest BCUT2D eigenvalue weighted by Gasteiger charge is 2.14. The minimum atomic E-state index is 0.724. The number of nitrogens with one attached hydrogen (secondary N) is 1. The monoisotopic (exact) mass is 234 g/mol. The highest BCUT2D eigenvalue weighted by Crippen LogP contribution is 2.29. The number of nitrogens with zero attached hydrogens (tertiary/aromatic N) is 1. The van der Waals surface area contributed by atoms with Gasteiger partial charge in [0.15, 0.2) is 0 Å². The number of hydrogen-bond donors (Lipinski definition) is 1. The smallest absolute Gasteiger partial charge is 0.142 e. The molecule has 0 saturated carbocycles. The van der Waals surface area contributed by atoms with Crippen LogP contribution in [0.1, 0.15) is 18.9 Å². The van der Waals surface area contributed by atoms with Crippen LogP contribution >= 0.6 is 0 Å². The predicted molar refractivity (Wildman–Crippen MR) is 72.0 cm³/mol. The molecule has 1 aliphatic heterocycles. The molecule has 3 heteroatoms. The maximum atomic E-state index is 5.72. The van der Waals surface area contributed by atoms with Crippen LogP contribution in [-0.4, -0.2) is 32.8 Å². The molecule has 3 nitrogen and oxygen atoms in total. The average Bonchev–Trinajstić information content (AvgIpc) is 2.60. The molecular weight excluding hydrogens is 212 g/mol. The molecule has 0 amide bonds. The number of aryl methyl sites for hydroxylation is 1. The van der Waals surface area contributed by atoms with Crippen LogP contribution in [0.25, 0.3) is 0 Å². The molecule has 94 valence electrons. The summed E-state index contributed by atoms with van der Waals surface area (Å²) in [5, 5.41) is 3.43. The number of hydrogen-bond acceptors (Lipinski definition) is 3. The number of rotatable bonds is 3. The maximum absolute atomic E-state index is 5.72. The second-order valence-electron chi connectivity index (χ2n) is 4.49. The van der Waals surface area contributed by atoms with Crippen molar-refractivity contribution in [3.8, 4) is 5.75 Å². The van der Waals surface area contributed by atoms with Gasteiger partial charge in [-0.2, -0.15) is 0 Å². The first-order valence-corrected chi connectivity index (χ1v) is 6.50. The van der Waals surface area contributed by atoms with E-state index in [4.69, 9.17) is 4.74 Å². The molecule has 1 saturated heterocycles. The Bertz CT molecular complexity index is 357. The summed E-state index contributed by atoms with van der Waals surface area (Å²) in [4.78, 5) is 2.43. The summed E-state index contributed by atoms with van der Waals surface area (Å²) in [5.74, 6) is 1.01. The van der Waals surface area contributed by atoms with Gasteiger partial charge in [-0.25, -0.2) is 0 Å². The first-order chi connectivity index (χ1) is 8.31. The van der Waals surface area contributed by atoms with Crippen LogP contribution in [0, 0.1) is 6.92 Å². The molecule has 1 aliphatic rings. The number of benzene rings is 1. The Morgan fingerprint density at radius 1 is 1.29 bits per heavy atom. The van der Waals surface area contributed by atoms with E-state index in [0.29, 0.717) is 0 Å². The van der Waals surface area contributed by atoms with Crippen LogP contribution in [0.4, 0.5) is 5.69 Å². The minimum absolute atomic E-state index is 0.724. The highest BCUT2D eigenvalue weighted by molar-refractivity contribution is 5.60. The lowest BCUT2D eigenvalue weighted by molar-refractivity contribution is 0.340. The van der Waals surface area contributed by atoms with Crippen molar-refractivity contribution in [2.75, 3.05) is 37.7 Å². The van der Waals surface area contributed by atoms with Gasteiger partial charge in [0.2, 0.25) is 0 Å². The van der Waals surface area contributed by atoms with Crippen molar-refractivity contribution < 1.29 is 4.74 Å². The first kappa shape index (κ1) is 12.2. The minimum Gasteiger partial charge on any atom is -0.492 e. The quantitative estimate of drug-likeness (QED) is 0.867. The molecule has 2 rings (SSSR count). The molecule has 0 unspecified atom stereocenters. The van der Waals surface area contributed by atoms with Crippen molar-refractivity contribution in [3.63, 3.8) is 0 Å². The fourth-order valence-corrected chi connectivity index (χ4v) is 2.24. The zero-order valence-corrected chi connectivity index (χ0v) is 10.8. The predicted octanol–water partition coefficient (Wildman–Crippen LogP) is 2.19. The van der Waals surface area contributed by atoms with Gasteiger partial charge in [-0.1, -0.05) is 6.07 Å². The molecule has 0 aromatic heterocycles. The van der Waals surface area contributed by atoms with E-state index < -0.39 is 0 Å². The van der Waals surface area contributed by atoms with Gasteiger partial charge in [-0.05, 0) is 44.5 Å². The second kappa shape index (κ2) is 5.92. The van der Waals surface area contributed by atoms with Crippen LogP contribution in [0.5, 0.6) is 5.75 Å². The third-order valence-electron chi connectivity index (χ3n) is 3.10. The fraction of sp³-hybridized carbons (Fsp3) is 0.571. The third-order valence-corrected chi connectivity index (χ3v) is 3.10. The van der Waals surface area contributed by atoms with Gasteiger partial charge in [-0.15, -0.1) is 0 Å². The van der Waals surface area contributed by atoms with Gasteiger partial charge in [-0.3, -0.25) is 0 Å². The fourth-order valence-electron chi connectivity index (χ4n) is 2.24. The topological polar surface area (TPSA) is 24.5 Å². The molecule has 1 aromatic rings. The van der Waals surface area contributed by atoms with E-state index >= 15 is 0 Å². The van der Waals surface area contributed by atoms with E-state index in [2.05, 4.69) is 35.3 Å². The van der Waals surface area contributed by atoms with Crippen molar-refractivity contribution in [3.05, 3.63) is 23.8 Å². The summed E-state index contributed by atoms with van der Waals surface area (Å²) in [6.45, 7) is 9.23. The van der Waals surface area contributed by atoms with E-state index in [9.17, 15) is 0 Å². The van der Waals surface area contributed by atoms with Gasteiger partial charge in [0.1, 0.15) is 5.75 Å². The Morgan fingerprint density at radius 3 is 3.00 bits per heavy atom. The summed E-state index contributed by atoms with van der Waals surface area (Å²) in [7, 11) is 0. The lowest BCUT2D eigenvalue weighted by atomic mass is 10.2. The Hall–Kier alpha value is -1.22. The normalized spacial score (nSPS) is 16.7. The van der Waals surface area contributed by atoms with Crippen molar-refractivity contribution >= 4 is 5.69 Å². The molecule has 0 atom stereocenters. The molecule has 0 radical (unpaired) electrons. The molecule has 0 spiro atoms. The lowest BCUT2D eigenvalue weighted by Crippen LogP contribution is -2.28. The first-order valence-electron chi connectivity index (χ1n) is 6.50. The van der Waals surface area contributed by atoms with E-state index in [1.807, 2.05) is 6.92 Å². The second-order valence-corrected chi connectivity index (χ2v) is 4.49. The third kappa shape index (κ3) is 3.13. The zero-order chi connectivity index (χ0) is 12.1. The zero-order valence-electron chi connectivity index (χ0n) is 10.8. The molecule has 17 heavy (non-hydrogen) atoms. The highest BCUT2D eigenvalue weighted by atomic mass is 16.5. The van der Waals surface area contributed by atoms with Crippen molar-refractivity contribution in [1.29, 1.82) is 0 Å². The summed E-state index contributed by atoms with van der Waals surface area (Å²) >= 11 is 0. The van der Waals surface area contributed by atoms with E-state index in [0.717, 1.165) is 38.5 Å². The SMILES string of the molecule is CCOc1ccc(C)cc1N1CCCNCC1. The van der Waals surface area contributed by atoms with Gasteiger partial charge in [0.05, 0.1) is 12.3 Å². The Morgan fingerprint density at radius 2 is 2.18 bits per heavy atom. The van der Waals surface area contributed by atoms with Crippen LogP contribution in [0.2, 0.25) is 0 Å². The molecular formula is C14H22N2O. The summed E-state index contributed by atoms with van der Waals surface area (Å²) in [6.07, 6.45) is 1.19. The van der Waals surface area contributed by atoms with Crippen LogP contribution < -0.4 is 15.0 Å². The summed E-state index contributed by atoms with van der Waals surface area (Å²) in [5.41, 5.74) is 2.54. The number of anilines is 1. The average molecular weight is 234 g/mol. The molecule has 0 bridgehead atoms. The Labute approximate surface area is 104 Å². The van der Waals surface area contributed by atoms with Crippen molar-refractivity contribution in [2.24, 2.45) is 0 Å². The van der Waals surface area contributed by atoms with Crippen LogP contribution in [0.15, 0.2) is 18.2 Å². The maximum Gasteiger partial charge on any atom is 0.142 e. The Balaban J connectivity index is 2.23. The van der Waals surface area contributed by atoms with Crippen LogP contribution in [0.3, 0.4) is 0 Å². The standard InChI is InChI=1S/C14H22N2O/c1-3-17-14-6-5-12(2)11-13(14)16-9-4-7-15-8-10-16/h5-6,11,15H,3-4,7-10H2,1-2H3. The molecule has 1 N–H and O–H groups in total. The Kier molecular flexibility index (Phi) is 4.26. The number of ether oxygens (including phenoxy) is 1. The van der Waals surface area contributed by atoms with Crippen molar-refractivity contribution in [2.45, 2.75) is 20.3 Å². The largest absolute Gasteiger partial charge is 0.492 e. The van der Waals surface area contributed by atoms with Gasteiger partial charge >= 0.3 is 0 Å². The van der Waals surface area contributed by atoms with E-state index in [1.165, 1.54) is 17.7 Å². The van der Waals surface area contributed by atoms with Gasteiger partial charge in [0, 0.05) is 19.6 Å². The van der Waals surface area contributed by atoms with E-state index in [1.54, 1.807) is 0 Å². The van der Waals surface area contributed by atoms with Gasteiger partial charge in [0.25, 0.3) is 0 Å². The lowest BCUT2D eigenvalue weighted by Gasteiger charge is -2.25. The summed E-state index contributed by atoms with van der Waals surface area (Å²) in [6, 6.07) is 6.44. The molecule has 1 heterocycles. The van der Waals surface area contributed by atoms with E-state index in [-0.39, 0.29) is 0 Å².